The maximum absolute atomic E-state index is 13.2. The molecule has 1 amide bonds. The molecule has 110 valence electrons. The van der Waals surface area contributed by atoms with Gasteiger partial charge in [0.15, 0.2) is 0 Å². The second-order valence-electron chi connectivity index (χ2n) is 4.37. The minimum absolute atomic E-state index is 0.137. The predicted octanol–water partition coefficient (Wildman–Crippen LogP) is 3.56. The molecule has 2 aromatic rings. The van der Waals surface area contributed by atoms with Gasteiger partial charge in [0.25, 0.3) is 5.91 Å². The zero-order valence-corrected chi connectivity index (χ0v) is 12.5. The lowest BCUT2D eigenvalue weighted by Crippen LogP contribution is -2.14. The van der Waals surface area contributed by atoms with Crippen molar-refractivity contribution in [3.63, 3.8) is 0 Å². The highest BCUT2D eigenvalue weighted by molar-refractivity contribution is 7.86. The summed E-state index contributed by atoms with van der Waals surface area (Å²) in [6.45, 7) is 1.82. The molecule has 21 heavy (non-hydrogen) atoms. The SMILES string of the molecule is Cc1ccc(C(=O)Nc2ccccc2S(=O)(=O)F)c(Cl)c1. The summed E-state index contributed by atoms with van der Waals surface area (Å²) in [5.74, 6) is -0.615. The number of amides is 1. The van der Waals surface area contributed by atoms with Crippen LogP contribution in [0.2, 0.25) is 5.02 Å². The topological polar surface area (TPSA) is 63.2 Å². The summed E-state index contributed by atoms with van der Waals surface area (Å²) in [6.07, 6.45) is 0. The van der Waals surface area contributed by atoms with Crippen molar-refractivity contribution in [1.82, 2.24) is 0 Å². The van der Waals surface area contributed by atoms with Gasteiger partial charge in [-0.15, -0.1) is 3.89 Å². The molecule has 0 aliphatic heterocycles. The van der Waals surface area contributed by atoms with E-state index >= 15 is 0 Å². The third-order valence-electron chi connectivity index (χ3n) is 2.77. The summed E-state index contributed by atoms with van der Waals surface area (Å²) in [5, 5.41) is 2.58. The van der Waals surface area contributed by atoms with E-state index in [1.807, 2.05) is 6.92 Å². The molecule has 0 spiro atoms. The molecule has 0 bridgehead atoms. The Morgan fingerprint density at radius 2 is 1.86 bits per heavy atom. The molecule has 1 N–H and O–H groups in total. The van der Waals surface area contributed by atoms with Crippen molar-refractivity contribution < 1.29 is 17.1 Å². The van der Waals surface area contributed by atoms with Gasteiger partial charge >= 0.3 is 10.2 Å². The Balaban J connectivity index is 2.37. The molecule has 0 aliphatic carbocycles. The molecular weight excluding hydrogens is 317 g/mol. The van der Waals surface area contributed by atoms with Crippen LogP contribution in [-0.2, 0) is 10.2 Å². The van der Waals surface area contributed by atoms with Crippen LogP contribution in [0, 0.1) is 6.92 Å². The van der Waals surface area contributed by atoms with Gasteiger partial charge in [-0.2, -0.15) is 8.42 Å². The first kappa shape index (κ1) is 15.5. The Bertz CT molecular complexity index is 806. The van der Waals surface area contributed by atoms with E-state index in [-0.39, 0.29) is 16.3 Å². The first-order valence-corrected chi connectivity index (χ1v) is 7.66. The number of para-hydroxylation sites is 1. The van der Waals surface area contributed by atoms with E-state index in [0.29, 0.717) is 0 Å². The number of aryl methyl sites for hydroxylation is 1. The van der Waals surface area contributed by atoms with E-state index in [1.54, 1.807) is 12.1 Å². The third kappa shape index (κ3) is 3.59. The smallest absolute Gasteiger partial charge is 0.321 e. The molecule has 0 fully saturated rings. The second kappa shape index (κ2) is 5.83. The molecular formula is C14H11ClFNO3S. The molecule has 0 unspecified atom stereocenters. The van der Waals surface area contributed by atoms with Crippen LogP contribution in [0.1, 0.15) is 15.9 Å². The van der Waals surface area contributed by atoms with Gasteiger partial charge in [0.05, 0.1) is 16.3 Å². The van der Waals surface area contributed by atoms with Crippen LogP contribution in [0.3, 0.4) is 0 Å². The number of hydrogen-bond acceptors (Lipinski definition) is 3. The van der Waals surface area contributed by atoms with Gasteiger partial charge in [0.2, 0.25) is 0 Å². The summed E-state index contributed by atoms with van der Waals surface area (Å²) in [7, 11) is -4.93. The second-order valence-corrected chi connectivity index (χ2v) is 6.09. The Labute approximate surface area is 126 Å². The molecule has 0 heterocycles. The lowest BCUT2D eigenvalue weighted by atomic mass is 10.1. The average molecular weight is 328 g/mol. The summed E-state index contributed by atoms with van der Waals surface area (Å²) >= 11 is 5.97. The fourth-order valence-electron chi connectivity index (χ4n) is 1.78. The highest BCUT2D eigenvalue weighted by Gasteiger charge is 2.19. The summed E-state index contributed by atoms with van der Waals surface area (Å²) in [4.78, 5) is 11.5. The van der Waals surface area contributed by atoms with E-state index in [4.69, 9.17) is 11.6 Å². The Hall–Kier alpha value is -1.92. The minimum Gasteiger partial charge on any atom is -0.321 e. The lowest BCUT2D eigenvalue weighted by molar-refractivity contribution is 0.102. The van der Waals surface area contributed by atoms with Crippen LogP contribution in [0.4, 0.5) is 9.57 Å². The van der Waals surface area contributed by atoms with Crippen LogP contribution in [-0.4, -0.2) is 14.3 Å². The van der Waals surface area contributed by atoms with Crippen molar-refractivity contribution in [2.75, 3.05) is 5.32 Å². The van der Waals surface area contributed by atoms with Crippen LogP contribution < -0.4 is 5.32 Å². The minimum atomic E-state index is -4.93. The van der Waals surface area contributed by atoms with Crippen LogP contribution in [0.15, 0.2) is 47.4 Å². The van der Waals surface area contributed by atoms with Gasteiger partial charge in [0, 0.05) is 0 Å². The van der Waals surface area contributed by atoms with Crippen molar-refractivity contribution >= 4 is 33.4 Å². The number of benzene rings is 2. The van der Waals surface area contributed by atoms with Gasteiger partial charge in [-0.05, 0) is 36.8 Å². The molecule has 0 saturated heterocycles. The Kier molecular flexibility index (Phi) is 4.29. The van der Waals surface area contributed by atoms with Crippen molar-refractivity contribution in [2.45, 2.75) is 11.8 Å². The summed E-state index contributed by atoms with van der Waals surface area (Å²) < 4.78 is 35.2. The molecule has 0 saturated carbocycles. The van der Waals surface area contributed by atoms with Gasteiger partial charge in [-0.1, -0.05) is 29.8 Å². The van der Waals surface area contributed by atoms with Crippen molar-refractivity contribution in [3.05, 3.63) is 58.6 Å². The van der Waals surface area contributed by atoms with Crippen molar-refractivity contribution in [2.24, 2.45) is 0 Å². The van der Waals surface area contributed by atoms with E-state index in [1.165, 1.54) is 24.3 Å². The molecule has 0 atom stereocenters. The van der Waals surface area contributed by atoms with Crippen molar-refractivity contribution in [3.8, 4) is 0 Å². The molecule has 7 heteroatoms. The number of nitrogens with one attached hydrogen (secondary N) is 1. The van der Waals surface area contributed by atoms with Crippen LogP contribution >= 0.6 is 11.6 Å². The molecule has 0 radical (unpaired) electrons. The molecule has 2 rings (SSSR count). The third-order valence-corrected chi connectivity index (χ3v) is 3.96. The summed E-state index contributed by atoms with van der Waals surface area (Å²) in [6, 6.07) is 10.0. The lowest BCUT2D eigenvalue weighted by Gasteiger charge is -2.09. The number of hydrogen-bond donors (Lipinski definition) is 1. The highest BCUT2D eigenvalue weighted by Crippen LogP contribution is 2.24. The van der Waals surface area contributed by atoms with Crippen LogP contribution in [0.25, 0.3) is 0 Å². The van der Waals surface area contributed by atoms with E-state index < -0.39 is 21.0 Å². The van der Waals surface area contributed by atoms with Crippen LogP contribution in [0.5, 0.6) is 0 Å². The average Bonchev–Trinajstić information content (AvgIpc) is 2.37. The Morgan fingerprint density at radius 3 is 2.48 bits per heavy atom. The van der Waals surface area contributed by atoms with E-state index in [9.17, 15) is 17.1 Å². The normalized spacial score (nSPS) is 11.2. The maximum Gasteiger partial charge on any atom is 0.334 e. The fraction of sp³-hybridized carbons (Fsp3) is 0.0714. The maximum atomic E-state index is 13.2. The largest absolute Gasteiger partial charge is 0.334 e. The monoisotopic (exact) mass is 327 g/mol. The van der Waals surface area contributed by atoms with Gasteiger partial charge in [0.1, 0.15) is 4.90 Å². The zero-order valence-electron chi connectivity index (χ0n) is 10.9. The van der Waals surface area contributed by atoms with E-state index in [0.717, 1.165) is 11.6 Å². The number of anilines is 1. The molecule has 4 nitrogen and oxygen atoms in total. The Morgan fingerprint density at radius 1 is 1.19 bits per heavy atom. The zero-order chi connectivity index (χ0) is 15.6. The number of rotatable bonds is 3. The highest BCUT2D eigenvalue weighted by atomic mass is 35.5. The number of carbonyl (C=O) groups is 1. The fourth-order valence-corrected chi connectivity index (χ4v) is 2.72. The quantitative estimate of drug-likeness (QED) is 0.877. The number of halogens is 2. The molecule has 0 aliphatic rings. The predicted molar refractivity (Wildman–Crippen MR) is 78.9 cm³/mol. The van der Waals surface area contributed by atoms with Gasteiger partial charge in [-0.3, -0.25) is 4.79 Å². The standard InChI is InChI=1S/C14H11ClFNO3S/c1-9-6-7-10(11(15)8-9)14(18)17-12-4-2-3-5-13(12)21(16,19)20/h2-8H,1H3,(H,17,18). The first-order valence-electron chi connectivity index (χ1n) is 5.90. The molecule has 2 aromatic carbocycles. The first-order chi connectivity index (χ1) is 9.79. The van der Waals surface area contributed by atoms with E-state index in [2.05, 4.69) is 5.32 Å². The van der Waals surface area contributed by atoms with Gasteiger partial charge in [-0.25, -0.2) is 0 Å². The number of carbonyl (C=O) groups excluding carboxylic acids is 1. The molecule has 0 aromatic heterocycles. The van der Waals surface area contributed by atoms with Crippen molar-refractivity contribution in [1.29, 1.82) is 0 Å². The summed E-state index contributed by atoms with van der Waals surface area (Å²) in [5.41, 5.74) is 0.915. The van der Waals surface area contributed by atoms with Gasteiger partial charge < -0.3 is 5.32 Å².